The van der Waals surface area contributed by atoms with E-state index in [-0.39, 0.29) is 5.56 Å². The van der Waals surface area contributed by atoms with Gasteiger partial charge in [0.1, 0.15) is 0 Å². The third-order valence-corrected chi connectivity index (χ3v) is 5.29. The normalized spacial score (nSPS) is 22.3. The van der Waals surface area contributed by atoms with Crippen molar-refractivity contribution < 1.29 is 9.90 Å². The predicted octanol–water partition coefficient (Wildman–Crippen LogP) is 3.33. The zero-order valence-corrected chi connectivity index (χ0v) is 12.6. The zero-order valence-electron chi connectivity index (χ0n) is 12.6. The number of hydrogen-bond donors (Lipinski definition) is 1. The molecule has 21 heavy (non-hydrogen) atoms. The lowest BCUT2D eigenvalue weighted by Gasteiger charge is -2.44. The lowest BCUT2D eigenvalue weighted by molar-refractivity contribution is 0.0634. The minimum absolute atomic E-state index is 0.263. The fourth-order valence-electron chi connectivity index (χ4n) is 3.86. The van der Waals surface area contributed by atoms with Crippen molar-refractivity contribution in [2.45, 2.75) is 51.5 Å². The van der Waals surface area contributed by atoms with E-state index in [9.17, 15) is 4.79 Å². The zero-order chi connectivity index (χ0) is 14.7. The largest absolute Gasteiger partial charge is 0.478 e. The second-order valence-corrected chi connectivity index (χ2v) is 6.68. The molecule has 114 valence electrons. The molecule has 3 rings (SSSR count). The van der Waals surface area contributed by atoms with Crippen LogP contribution < -0.4 is 0 Å². The highest BCUT2D eigenvalue weighted by Crippen LogP contribution is 2.44. The van der Waals surface area contributed by atoms with Gasteiger partial charge in [0.25, 0.3) is 0 Å². The number of carboxylic acid groups (broad SMARTS) is 1. The average Bonchev–Trinajstić information content (AvgIpc) is 2.51. The number of nitrogens with zero attached hydrogens (tertiary/aromatic N) is 2. The minimum Gasteiger partial charge on any atom is -0.478 e. The van der Waals surface area contributed by atoms with E-state index in [0.717, 1.165) is 25.3 Å². The minimum atomic E-state index is -0.911. The lowest BCUT2D eigenvalue weighted by Crippen LogP contribution is -2.40. The number of pyridine rings is 1. The van der Waals surface area contributed by atoms with Gasteiger partial charge in [-0.3, -0.25) is 9.88 Å². The Morgan fingerprint density at radius 1 is 1.14 bits per heavy atom. The van der Waals surface area contributed by atoms with Crippen LogP contribution in [0.2, 0.25) is 0 Å². The molecule has 2 aliphatic rings. The fraction of sp³-hybridized carbons (Fsp3) is 0.647. The van der Waals surface area contributed by atoms with Gasteiger partial charge in [0.05, 0.1) is 11.3 Å². The molecule has 4 nitrogen and oxygen atoms in total. The Kier molecular flexibility index (Phi) is 4.24. The van der Waals surface area contributed by atoms with Crippen molar-refractivity contribution in [3.05, 3.63) is 29.6 Å². The molecular formula is C17H24N2O2. The van der Waals surface area contributed by atoms with Gasteiger partial charge in [-0.15, -0.1) is 0 Å². The monoisotopic (exact) mass is 288 g/mol. The van der Waals surface area contributed by atoms with Crippen LogP contribution in [0.15, 0.2) is 18.3 Å². The summed E-state index contributed by atoms with van der Waals surface area (Å²) in [5.41, 5.74) is 1.87. The van der Waals surface area contributed by atoms with E-state index in [2.05, 4.69) is 9.88 Å². The van der Waals surface area contributed by atoms with Crippen molar-refractivity contribution in [1.82, 2.24) is 9.88 Å². The number of rotatable bonds is 3. The van der Waals surface area contributed by atoms with Crippen molar-refractivity contribution in [3.63, 3.8) is 0 Å². The van der Waals surface area contributed by atoms with Crippen LogP contribution in [0.4, 0.5) is 0 Å². The number of likely N-dealkylation sites (tertiary alicyclic amines) is 1. The highest BCUT2D eigenvalue weighted by atomic mass is 16.4. The molecule has 2 heterocycles. The molecule has 1 spiro atoms. The molecule has 1 N–H and O–H groups in total. The second-order valence-electron chi connectivity index (χ2n) is 6.68. The molecule has 0 amide bonds. The van der Waals surface area contributed by atoms with Crippen LogP contribution in [0, 0.1) is 5.41 Å². The van der Waals surface area contributed by atoms with Gasteiger partial charge >= 0.3 is 5.97 Å². The molecule has 0 unspecified atom stereocenters. The molecule has 4 heteroatoms. The van der Waals surface area contributed by atoms with Crippen molar-refractivity contribution >= 4 is 5.97 Å². The smallest absolute Gasteiger partial charge is 0.337 e. The number of hydrogen-bond acceptors (Lipinski definition) is 3. The van der Waals surface area contributed by atoms with E-state index in [4.69, 9.17) is 5.11 Å². The summed E-state index contributed by atoms with van der Waals surface area (Å²) in [6.07, 6.45) is 11.2. The first kappa shape index (κ1) is 14.5. The molecular weight excluding hydrogens is 264 g/mol. The highest BCUT2D eigenvalue weighted by molar-refractivity contribution is 5.87. The van der Waals surface area contributed by atoms with Crippen molar-refractivity contribution in [3.8, 4) is 0 Å². The summed E-state index contributed by atoms with van der Waals surface area (Å²) in [5.74, 6) is -0.911. The predicted molar refractivity (Wildman–Crippen MR) is 81.2 cm³/mol. The van der Waals surface area contributed by atoms with E-state index < -0.39 is 5.97 Å². The Balaban J connectivity index is 1.54. The highest BCUT2D eigenvalue weighted by Gasteiger charge is 2.35. The average molecular weight is 288 g/mol. The third-order valence-electron chi connectivity index (χ3n) is 5.29. The molecule has 1 aromatic heterocycles. The van der Waals surface area contributed by atoms with E-state index >= 15 is 0 Å². The second kappa shape index (κ2) is 6.14. The van der Waals surface area contributed by atoms with E-state index in [1.807, 2.05) is 6.07 Å². The van der Waals surface area contributed by atoms with Gasteiger partial charge in [-0.1, -0.05) is 19.3 Å². The van der Waals surface area contributed by atoms with Crippen LogP contribution >= 0.6 is 0 Å². The quantitative estimate of drug-likeness (QED) is 0.927. The van der Waals surface area contributed by atoms with Gasteiger partial charge < -0.3 is 5.11 Å². The summed E-state index contributed by atoms with van der Waals surface area (Å²) < 4.78 is 0. The number of piperidine rings is 1. The summed E-state index contributed by atoms with van der Waals surface area (Å²) in [4.78, 5) is 17.6. The summed E-state index contributed by atoms with van der Waals surface area (Å²) >= 11 is 0. The van der Waals surface area contributed by atoms with Gasteiger partial charge in [-0.2, -0.15) is 0 Å². The molecule has 0 atom stereocenters. The summed E-state index contributed by atoms with van der Waals surface area (Å²) in [6.45, 7) is 3.15. The molecule has 0 aromatic carbocycles. The van der Waals surface area contributed by atoms with Crippen LogP contribution in [-0.4, -0.2) is 34.0 Å². The van der Waals surface area contributed by atoms with E-state index in [0.29, 0.717) is 5.41 Å². The van der Waals surface area contributed by atoms with Crippen LogP contribution in [-0.2, 0) is 6.54 Å². The van der Waals surface area contributed by atoms with E-state index in [1.165, 1.54) is 51.1 Å². The van der Waals surface area contributed by atoms with Crippen LogP contribution in [0.5, 0.6) is 0 Å². The summed E-state index contributed by atoms with van der Waals surface area (Å²) in [7, 11) is 0. The summed E-state index contributed by atoms with van der Waals surface area (Å²) in [6, 6.07) is 3.49. The van der Waals surface area contributed by atoms with Gasteiger partial charge in [0.2, 0.25) is 0 Å². The number of carboxylic acids is 1. The maximum absolute atomic E-state index is 10.8. The van der Waals surface area contributed by atoms with Crippen molar-refractivity contribution in [2.75, 3.05) is 13.1 Å². The Bertz CT molecular complexity index is 482. The van der Waals surface area contributed by atoms with Gasteiger partial charge in [0.15, 0.2) is 0 Å². The van der Waals surface area contributed by atoms with Gasteiger partial charge in [-0.25, -0.2) is 4.79 Å². The Hall–Kier alpha value is -1.42. The van der Waals surface area contributed by atoms with Crippen molar-refractivity contribution in [2.24, 2.45) is 5.41 Å². The Morgan fingerprint density at radius 3 is 2.43 bits per heavy atom. The van der Waals surface area contributed by atoms with Crippen molar-refractivity contribution in [1.29, 1.82) is 0 Å². The lowest BCUT2D eigenvalue weighted by atomic mass is 9.68. The molecule has 1 saturated carbocycles. The van der Waals surface area contributed by atoms with Gasteiger partial charge in [0, 0.05) is 12.7 Å². The fourth-order valence-corrected chi connectivity index (χ4v) is 3.86. The Morgan fingerprint density at radius 2 is 1.86 bits per heavy atom. The molecule has 2 fully saturated rings. The summed E-state index contributed by atoms with van der Waals surface area (Å²) in [5, 5.41) is 8.89. The topological polar surface area (TPSA) is 53.4 Å². The standard InChI is InChI=1S/C17H24N2O2/c20-16(21)14-4-5-15(18-12-14)13-19-10-8-17(9-11-19)6-2-1-3-7-17/h4-5,12H,1-3,6-11,13H2,(H,20,21). The first-order chi connectivity index (χ1) is 10.2. The Labute approximate surface area is 126 Å². The molecule has 1 aliphatic carbocycles. The van der Waals surface area contributed by atoms with Crippen LogP contribution in [0.1, 0.15) is 61.0 Å². The number of aromatic nitrogens is 1. The molecule has 1 saturated heterocycles. The van der Waals surface area contributed by atoms with Gasteiger partial charge in [-0.05, 0) is 56.3 Å². The van der Waals surface area contributed by atoms with E-state index in [1.54, 1.807) is 6.07 Å². The molecule has 1 aliphatic heterocycles. The number of aromatic carboxylic acids is 1. The third kappa shape index (κ3) is 3.43. The maximum atomic E-state index is 10.8. The molecule has 0 bridgehead atoms. The van der Waals surface area contributed by atoms with Crippen LogP contribution in [0.3, 0.4) is 0 Å². The number of carbonyl (C=O) groups is 1. The maximum Gasteiger partial charge on any atom is 0.337 e. The SMILES string of the molecule is O=C(O)c1ccc(CN2CCC3(CCCCC3)CC2)nc1. The molecule has 0 radical (unpaired) electrons. The first-order valence-corrected chi connectivity index (χ1v) is 8.08. The van der Waals surface area contributed by atoms with Crippen LogP contribution in [0.25, 0.3) is 0 Å². The molecule has 1 aromatic rings. The first-order valence-electron chi connectivity index (χ1n) is 8.08.